The minimum atomic E-state index is 0.383. The lowest BCUT2D eigenvalue weighted by Crippen LogP contribution is -2.46. The molecule has 4 heteroatoms. The van der Waals surface area contributed by atoms with E-state index < -0.39 is 0 Å². The standard InChI is InChI=1S/C22H32N2O2/c1-4-20(5-1)24-13-10-22(11-14-24)26-21-8-6-19(7-9-21)3-2-12-23-15-17-25-18-16-23/h2-3,6-9,20,22H,1,4-5,10-18H2. The maximum absolute atomic E-state index is 6.22. The molecule has 0 radical (unpaired) electrons. The van der Waals surface area contributed by atoms with Gasteiger partial charge in [0.15, 0.2) is 0 Å². The van der Waals surface area contributed by atoms with E-state index in [1.165, 1.54) is 37.9 Å². The van der Waals surface area contributed by atoms with E-state index in [4.69, 9.17) is 9.47 Å². The van der Waals surface area contributed by atoms with Crippen molar-refractivity contribution in [3.05, 3.63) is 35.9 Å². The average molecular weight is 357 g/mol. The van der Waals surface area contributed by atoms with Crippen LogP contribution in [0.1, 0.15) is 37.7 Å². The molecule has 4 rings (SSSR count). The molecule has 2 saturated heterocycles. The third-order valence-corrected chi connectivity index (χ3v) is 6.03. The molecule has 0 amide bonds. The molecular weight excluding hydrogens is 324 g/mol. The summed E-state index contributed by atoms with van der Waals surface area (Å²) in [6.45, 7) is 7.21. The number of morpholine rings is 1. The second-order valence-corrected chi connectivity index (χ2v) is 7.82. The van der Waals surface area contributed by atoms with Gasteiger partial charge in [-0.25, -0.2) is 0 Å². The van der Waals surface area contributed by atoms with Gasteiger partial charge in [0.05, 0.1) is 13.2 Å². The SMILES string of the molecule is C(=Cc1ccc(OC2CCN(C3CCC3)CC2)cc1)CN1CCOCC1. The third kappa shape index (κ3) is 4.87. The molecule has 0 N–H and O–H groups in total. The summed E-state index contributed by atoms with van der Waals surface area (Å²) < 4.78 is 11.6. The van der Waals surface area contributed by atoms with E-state index in [0.717, 1.165) is 57.5 Å². The molecule has 1 aromatic rings. The summed E-state index contributed by atoms with van der Waals surface area (Å²) in [5.41, 5.74) is 1.24. The number of hydrogen-bond donors (Lipinski definition) is 0. The smallest absolute Gasteiger partial charge is 0.119 e. The van der Waals surface area contributed by atoms with E-state index in [0.29, 0.717) is 6.10 Å². The number of ether oxygens (including phenoxy) is 2. The second-order valence-electron chi connectivity index (χ2n) is 7.82. The van der Waals surface area contributed by atoms with Gasteiger partial charge in [0.25, 0.3) is 0 Å². The monoisotopic (exact) mass is 356 g/mol. The Bertz CT molecular complexity index is 568. The minimum Gasteiger partial charge on any atom is -0.490 e. The van der Waals surface area contributed by atoms with Gasteiger partial charge in [0.1, 0.15) is 11.9 Å². The summed E-state index contributed by atoms with van der Waals surface area (Å²) in [7, 11) is 0. The summed E-state index contributed by atoms with van der Waals surface area (Å²) in [5, 5.41) is 0. The summed E-state index contributed by atoms with van der Waals surface area (Å²) in [4.78, 5) is 5.10. The zero-order valence-corrected chi connectivity index (χ0v) is 15.8. The normalized spacial score (nSPS) is 24.0. The molecule has 0 bridgehead atoms. The molecule has 3 fully saturated rings. The Labute approximate surface area is 157 Å². The van der Waals surface area contributed by atoms with Gasteiger partial charge in [-0.3, -0.25) is 4.90 Å². The predicted molar refractivity (Wildman–Crippen MR) is 106 cm³/mol. The first-order valence-electron chi connectivity index (χ1n) is 10.3. The second kappa shape index (κ2) is 9.03. The summed E-state index contributed by atoms with van der Waals surface area (Å²) in [6.07, 6.45) is 11.4. The first-order valence-corrected chi connectivity index (χ1v) is 10.3. The quantitative estimate of drug-likeness (QED) is 0.780. The van der Waals surface area contributed by atoms with Crippen LogP contribution in [0.25, 0.3) is 6.08 Å². The van der Waals surface area contributed by atoms with Gasteiger partial charge in [0.2, 0.25) is 0 Å². The number of piperidine rings is 1. The maximum Gasteiger partial charge on any atom is 0.119 e. The Hall–Kier alpha value is -1.36. The van der Waals surface area contributed by atoms with Crippen LogP contribution in [0.2, 0.25) is 0 Å². The lowest BCUT2D eigenvalue weighted by Gasteiger charge is -2.41. The van der Waals surface area contributed by atoms with Crippen LogP contribution in [0.3, 0.4) is 0 Å². The van der Waals surface area contributed by atoms with Gasteiger partial charge in [0, 0.05) is 38.8 Å². The largest absolute Gasteiger partial charge is 0.490 e. The third-order valence-electron chi connectivity index (χ3n) is 6.03. The van der Waals surface area contributed by atoms with Crippen LogP contribution >= 0.6 is 0 Å². The Morgan fingerprint density at radius 1 is 0.962 bits per heavy atom. The molecule has 0 atom stereocenters. The molecule has 3 aliphatic rings. The number of rotatable bonds is 6. The van der Waals surface area contributed by atoms with Crippen molar-refractivity contribution in [1.29, 1.82) is 0 Å². The molecule has 1 aliphatic carbocycles. The van der Waals surface area contributed by atoms with Gasteiger partial charge in [-0.2, -0.15) is 0 Å². The molecule has 0 unspecified atom stereocenters. The number of benzene rings is 1. The highest BCUT2D eigenvalue weighted by Gasteiger charge is 2.29. The number of hydrogen-bond acceptors (Lipinski definition) is 4. The maximum atomic E-state index is 6.22. The van der Waals surface area contributed by atoms with Crippen LogP contribution in [0.4, 0.5) is 0 Å². The molecule has 142 valence electrons. The van der Waals surface area contributed by atoms with Crippen molar-refractivity contribution in [2.75, 3.05) is 45.9 Å². The molecule has 1 saturated carbocycles. The fourth-order valence-electron chi connectivity index (χ4n) is 4.08. The molecular formula is C22H32N2O2. The van der Waals surface area contributed by atoms with Crippen molar-refractivity contribution in [2.45, 2.75) is 44.2 Å². The zero-order valence-electron chi connectivity index (χ0n) is 15.8. The van der Waals surface area contributed by atoms with E-state index in [-0.39, 0.29) is 0 Å². The van der Waals surface area contributed by atoms with E-state index in [1.54, 1.807) is 0 Å². The van der Waals surface area contributed by atoms with Crippen molar-refractivity contribution >= 4 is 6.08 Å². The van der Waals surface area contributed by atoms with E-state index in [2.05, 4.69) is 46.2 Å². The summed E-state index contributed by atoms with van der Waals surface area (Å²) in [6, 6.07) is 9.43. The van der Waals surface area contributed by atoms with Crippen molar-refractivity contribution < 1.29 is 9.47 Å². The Balaban J connectivity index is 1.20. The zero-order chi connectivity index (χ0) is 17.6. The lowest BCUT2D eigenvalue weighted by molar-refractivity contribution is 0.0435. The van der Waals surface area contributed by atoms with Crippen LogP contribution in [0.5, 0.6) is 5.75 Å². The molecule has 0 aromatic heterocycles. The van der Waals surface area contributed by atoms with E-state index in [9.17, 15) is 0 Å². The van der Waals surface area contributed by atoms with Gasteiger partial charge in [-0.1, -0.05) is 30.7 Å². The highest BCUT2D eigenvalue weighted by atomic mass is 16.5. The van der Waals surface area contributed by atoms with Gasteiger partial charge >= 0.3 is 0 Å². The molecule has 1 aromatic carbocycles. The Morgan fingerprint density at radius 2 is 1.69 bits per heavy atom. The van der Waals surface area contributed by atoms with Crippen molar-refractivity contribution in [3.63, 3.8) is 0 Å². The van der Waals surface area contributed by atoms with E-state index in [1.807, 2.05) is 0 Å². The topological polar surface area (TPSA) is 24.9 Å². The summed E-state index contributed by atoms with van der Waals surface area (Å²) in [5.74, 6) is 1.01. The molecule has 2 heterocycles. The van der Waals surface area contributed by atoms with Crippen LogP contribution in [-0.2, 0) is 4.74 Å². The van der Waals surface area contributed by atoms with Crippen LogP contribution in [0.15, 0.2) is 30.3 Å². The lowest BCUT2D eigenvalue weighted by atomic mass is 9.90. The van der Waals surface area contributed by atoms with E-state index >= 15 is 0 Å². The van der Waals surface area contributed by atoms with Crippen molar-refractivity contribution in [1.82, 2.24) is 9.80 Å². The van der Waals surface area contributed by atoms with Gasteiger partial charge in [-0.15, -0.1) is 0 Å². The first kappa shape index (κ1) is 18.0. The fraction of sp³-hybridized carbons (Fsp3) is 0.636. The molecule has 2 aliphatic heterocycles. The minimum absolute atomic E-state index is 0.383. The molecule has 0 spiro atoms. The number of nitrogens with zero attached hydrogens (tertiary/aromatic N) is 2. The highest BCUT2D eigenvalue weighted by Crippen LogP contribution is 2.28. The van der Waals surface area contributed by atoms with Crippen LogP contribution < -0.4 is 4.74 Å². The van der Waals surface area contributed by atoms with Crippen LogP contribution in [0, 0.1) is 0 Å². The van der Waals surface area contributed by atoms with Gasteiger partial charge < -0.3 is 14.4 Å². The van der Waals surface area contributed by atoms with Crippen LogP contribution in [-0.4, -0.2) is 67.9 Å². The molecule has 26 heavy (non-hydrogen) atoms. The number of likely N-dealkylation sites (tertiary alicyclic amines) is 1. The molecule has 4 nitrogen and oxygen atoms in total. The fourth-order valence-corrected chi connectivity index (χ4v) is 4.08. The average Bonchev–Trinajstić information content (AvgIpc) is 2.64. The Kier molecular flexibility index (Phi) is 6.26. The summed E-state index contributed by atoms with van der Waals surface area (Å²) >= 11 is 0. The van der Waals surface area contributed by atoms with Crippen molar-refractivity contribution in [2.24, 2.45) is 0 Å². The predicted octanol–water partition coefficient (Wildman–Crippen LogP) is 3.43. The Morgan fingerprint density at radius 3 is 2.35 bits per heavy atom. The first-order chi connectivity index (χ1) is 12.9. The van der Waals surface area contributed by atoms with Gasteiger partial charge in [-0.05, 0) is 43.4 Å². The highest BCUT2D eigenvalue weighted by molar-refractivity contribution is 5.50. The van der Waals surface area contributed by atoms with Crippen molar-refractivity contribution in [3.8, 4) is 5.75 Å².